The van der Waals surface area contributed by atoms with E-state index in [2.05, 4.69) is 15.8 Å². The number of anilines is 1. The summed E-state index contributed by atoms with van der Waals surface area (Å²) in [6.07, 6.45) is 0. The minimum Gasteiger partial charge on any atom is -0.360 e. The molecule has 1 aromatic heterocycles. The van der Waals surface area contributed by atoms with Crippen molar-refractivity contribution in [1.29, 1.82) is 0 Å². The second kappa shape index (κ2) is 6.51. The Balaban J connectivity index is 2.44. The van der Waals surface area contributed by atoms with Crippen molar-refractivity contribution in [3.63, 3.8) is 0 Å². The molecule has 0 spiro atoms. The highest BCUT2D eigenvalue weighted by Crippen LogP contribution is 2.14. The van der Waals surface area contributed by atoms with Gasteiger partial charge in [-0.3, -0.25) is 14.9 Å². The minimum absolute atomic E-state index is 0.121. The van der Waals surface area contributed by atoms with Crippen LogP contribution in [0.3, 0.4) is 0 Å². The van der Waals surface area contributed by atoms with Gasteiger partial charge in [-0.25, -0.2) is 0 Å². The van der Waals surface area contributed by atoms with Crippen molar-refractivity contribution in [3.05, 3.63) is 11.8 Å². The molecular formula is C13H22N4O3. The molecular weight excluding hydrogens is 260 g/mol. The quantitative estimate of drug-likeness (QED) is 0.773. The third-order valence-corrected chi connectivity index (χ3v) is 2.55. The molecule has 0 unspecified atom stereocenters. The number of rotatable bonds is 5. The summed E-state index contributed by atoms with van der Waals surface area (Å²) in [6, 6.07) is 1.54. The van der Waals surface area contributed by atoms with Gasteiger partial charge in [-0.05, 0) is 26.4 Å². The van der Waals surface area contributed by atoms with Crippen LogP contribution in [0.25, 0.3) is 0 Å². The lowest BCUT2D eigenvalue weighted by atomic mass is 9.93. The summed E-state index contributed by atoms with van der Waals surface area (Å²) in [5.41, 5.74) is -0.121. The molecule has 20 heavy (non-hydrogen) atoms. The van der Waals surface area contributed by atoms with Crippen LogP contribution in [0.15, 0.2) is 10.6 Å². The van der Waals surface area contributed by atoms with E-state index in [-0.39, 0.29) is 11.2 Å². The monoisotopic (exact) mass is 282 g/mol. The Morgan fingerprint density at radius 3 is 2.50 bits per heavy atom. The maximum atomic E-state index is 11.7. The molecule has 7 nitrogen and oxygen atoms in total. The summed E-state index contributed by atoms with van der Waals surface area (Å²) in [5.74, 6) is -0.639. The molecule has 112 valence electrons. The van der Waals surface area contributed by atoms with Gasteiger partial charge >= 0.3 is 11.8 Å². The number of nitrogens with zero attached hydrogens (tertiary/aromatic N) is 2. The second-order valence-corrected chi connectivity index (χ2v) is 5.86. The molecule has 0 radical (unpaired) electrons. The summed E-state index contributed by atoms with van der Waals surface area (Å²) in [5, 5.41) is 8.59. The molecule has 0 atom stereocenters. The molecule has 0 saturated heterocycles. The molecule has 0 bridgehead atoms. The average molecular weight is 282 g/mol. The third-order valence-electron chi connectivity index (χ3n) is 2.55. The zero-order chi connectivity index (χ0) is 15.3. The van der Waals surface area contributed by atoms with Crippen LogP contribution in [0.2, 0.25) is 0 Å². The van der Waals surface area contributed by atoms with Crippen molar-refractivity contribution in [2.45, 2.75) is 20.8 Å². The van der Waals surface area contributed by atoms with Crippen LogP contribution in [0.1, 0.15) is 19.6 Å². The number of hydrogen-bond donors (Lipinski definition) is 2. The zero-order valence-corrected chi connectivity index (χ0v) is 12.6. The Kier molecular flexibility index (Phi) is 5.26. The molecule has 1 rings (SSSR count). The molecule has 0 aromatic carbocycles. The van der Waals surface area contributed by atoms with Gasteiger partial charge in [0.1, 0.15) is 5.76 Å². The van der Waals surface area contributed by atoms with E-state index in [0.717, 1.165) is 6.54 Å². The predicted molar refractivity (Wildman–Crippen MR) is 75.2 cm³/mol. The van der Waals surface area contributed by atoms with Gasteiger partial charge in [-0.2, -0.15) is 0 Å². The van der Waals surface area contributed by atoms with Gasteiger partial charge in [0.2, 0.25) is 0 Å². The molecule has 1 aromatic rings. The first-order valence-electron chi connectivity index (χ1n) is 6.37. The van der Waals surface area contributed by atoms with Gasteiger partial charge in [0.05, 0.1) is 0 Å². The highest BCUT2D eigenvalue weighted by Gasteiger charge is 2.22. The van der Waals surface area contributed by atoms with Gasteiger partial charge in [0, 0.05) is 19.2 Å². The molecule has 7 heteroatoms. The number of carbonyl (C=O) groups is 2. The Morgan fingerprint density at radius 2 is 2.00 bits per heavy atom. The number of amides is 2. The Labute approximate surface area is 118 Å². The number of aromatic nitrogens is 1. The van der Waals surface area contributed by atoms with E-state index in [1.54, 1.807) is 13.0 Å². The number of carbonyl (C=O) groups excluding carboxylic acids is 2. The lowest BCUT2D eigenvalue weighted by Crippen LogP contribution is -2.43. The number of nitrogens with one attached hydrogen (secondary N) is 2. The summed E-state index contributed by atoms with van der Waals surface area (Å²) in [7, 11) is 3.92. The van der Waals surface area contributed by atoms with E-state index in [4.69, 9.17) is 4.52 Å². The zero-order valence-electron chi connectivity index (χ0n) is 12.6. The van der Waals surface area contributed by atoms with E-state index < -0.39 is 11.8 Å². The first-order chi connectivity index (χ1) is 9.19. The van der Waals surface area contributed by atoms with E-state index in [0.29, 0.717) is 12.3 Å². The van der Waals surface area contributed by atoms with Gasteiger partial charge in [-0.1, -0.05) is 19.0 Å². The first-order valence-corrected chi connectivity index (χ1v) is 6.37. The highest BCUT2D eigenvalue weighted by atomic mass is 16.5. The van der Waals surface area contributed by atoms with Crippen molar-refractivity contribution in [1.82, 2.24) is 15.4 Å². The number of hydrogen-bond acceptors (Lipinski definition) is 5. The summed E-state index contributed by atoms with van der Waals surface area (Å²) < 4.78 is 4.80. The van der Waals surface area contributed by atoms with Crippen LogP contribution in [0.4, 0.5) is 5.82 Å². The highest BCUT2D eigenvalue weighted by molar-refractivity contribution is 6.39. The maximum Gasteiger partial charge on any atom is 0.314 e. The lowest BCUT2D eigenvalue weighted by Gasteiger charge is -2.28. The number of aryl methyl sites for hydroxylation is 1. The van der Waals surface area contributed by atoms with Crippen LogP contribution < -0.4 is 10.6 Å². The second-order valence-electron chi connectivity index (χ2n) is 5.86. The van der Waals surface area contributed by atoms with E-state index in [9.17, 15) is 9.59 Å². The van der Waals surface area contributed by atoms with Crippen LogP contribution >= 0.6 is 0 Å². The molecule has 0 aliphatic rings. The molecule has 0 aliphatic heterocycles. The predicted octanol–water partition coefficient (Wildman–Crippen LogP) is 0.626. The lowest BCUT2D eigenvalue weighted by molar-refractivity contribution is -0.136. The van der Waals surface area contributed by atoms with Gasteiger partial charge in [0.25, 0.3) is 0 Å². The van der Waals surface area contributed by atoms with Crippen LogP contribution in [-0.4, -0.2) is 49.1 Å². The summed E-state index contributed by atoms with van der Waals surface area (Å²) in [6.45, 7) is 6.96. The summed E-state index contributed by atoms with van der Waals surface area (Å²) in [4.78, 5) is 25.4. The first kappa shape index (κ1) is 16.2. The molecule has 0 saturated carbocycles. The Morgan fingerprint density at radius 1 is 1.35 bits per heavy atom. The van der Waals surface area contributed by atoms with Crippen molar-refractivity contribution >= 4 is 17.6 Å². The molecule has 0 aliphatic carbocycles. The van der Waals surface area contributed by atoms with E-state index in [1.807, 2.05) is 32.8 Å². The fraction of sp³-hybridized carbons (Fsp3) is 0.615. The summed E-state index contributed by atoms with van der Waals surface area (Å²) >= 11 is 0. The smallest absolute Gasteiger partial charge is 0.314 e. The Hall–Kier alpha value is -1.89. The Bertz CT molecular complexity index is 480. The van der Waals surface area contributed by atoms with Crippen LogP contribution in [-0.2, 0) is 9.59 Å². The fourth-order valence-corrected chi connectivity index (χ4v) is 1.91. The van der Waals surface area contributed by atoms with Gasteiger partial charge in [-0.15, -0.1) is 0 Å². The molecule has 2 N–H and O–H groups in total. The largest absolute Gasteiger partial charge is 0.360 e. The molecule has 0 fully saturated rings. The van der Waals surface area contributed by atoms with Gasteiger partial charge < -0.3 is 14.7 Å². The van der Waals surface area contributed by atoms with Crippen molar-refractivity contribution < 1.29 is 14.1 Å². The standard InChI is InChI=1S/C13H22N4O3/c1-9-6-10(16-20-9)15-12(19)11(18)14-7-13(2,3)8-17(4)5/h6H,7-8H2,1-5H3,(H,14,18)(H,15,16,19). The topological polar surface area (TPSA) is 87.5 Å². The third kappa shape index (κ3) is 5.40. The normalized spacial score (nSPS) is 11.5. The molecule has 1 heterocycles. The van der Waals surface area contributed by atoms with Crippen LogP contribution in [0.5, 0.6) is 0 Å². The molecule has 2 amide bonds. The maximum absolute atomic E-state index is 11.7. The van der Waals surface area contributed by atoms with E-state index >= 15 is 0 Å². The van der Waals surface area contributed by atoms with Gasteiger partial charge in [0.15, 0.2) is 5.82 Å². The van der Waals surface area contributed by atoms with Crippen molar-refractivity contribution in [2.24, 2.45) is 5.41 Å². The minimum atomic E-state index is -0.751. The van der Waals surface area contributed by atoms with Crippen molar-refractivity contribution in [3.8, 4) is 0 Å². The van der Waals surface area contributed by atoms with Crippen molar-refractivity contribution in [2.75, 3.05) is 32.5 Å². The fourth-order valence-electron chi connectivity index (χ4n) is 1.91. The average Bonchev–Trinajstić information content (AvgIpc) is 2.70. The van der Waals surface area contributed by atoms with E-state index in [1.165, 1.54) is 0 Å². The van der Waals surface area contributed by atoms with Crippen LogP contribution in [0, 0.1) is 12.3 Å². The SMILES string of the molecule is Cc1cc(NC(=O)C(=O)NCC(C)(C)CN(C)C)no1.